The van der Waals surface area contributed by atoms with E-state index in [2.05, 4.69) is 49.2 Å². The second-order valence-electron chi connectivity index (χ2n) is 6.93. The SMILES string of the molecule is Cc1cc(C)c2c(c1)c1ccc[c-]c1n1nc(-c3cccc(C)n3)cc21.[Ir]. The number of pyridine rings is 2. The zero-order chi connectivity index (χ0) is 17.8. The van der Waals surface area contributed by atoms with E-state index in [0.717, 1.165) is 28.1 Å². The minimum Gasteiger partial charge on any atom is -0.257 e. The molecule has 1 radical (unpaired) electrons. The predicted molar refractivity (Wildman–Crippen MR) is 106 cm³/mol. The van der Waals surface area contributed by atoms with Gasteiger partial charge in [0.05, 0.1) is 11.2 Å². The molecule has 27 heavy (non-hydrogen) atoms. The van der Waals surface area contributed by atoms with Gasteiger partial charge in [0.25, 0.3) is 0 Å². The molecular weight excluding hydrogens is 510 g/mol. The van der Waals surface area contributed by atoms with Gasteiger partial charge < -0.3 is 0 Å². The summed E-state index contributed by atoms with van der Waals surface area (Å²) in [5.41, 5.74) is 7.41. The Morgan fingerprint density at radius 3 is 2.56 bits per heavy atom. The maximum atomic E-state index is 4.89. The molecule has 0 saturated carbocycles. The summed E-state index contributed by atoms with van der Waals surface area (Å²) in [6.07, 6.45) is 0. The fourth-order valence-electron chi connectivity index (χ4n) is 3.88. The van der Waals surface area contributed by atoms with Crippen LogP contribution in [0.25, 0.3) is 38.6 Å². The van der Waals surface area contributed by atoms with Gasteiger partial charge in [-0.25, -0.2) is 0 Å². The van der Waals surface area contributed by atoms with Crippen molar-refractivity contribution in [1.29, 1.82) is 0 Å². The first-order valence-electron chi connectivity index (χ1n) is 8.79. The van der Waals surface area contributed by atoms with Crippen molar-refractivity contribution in [3.05, 3.63) is 77.5 Å². The standard InChI is InChI=1S/C23H18N3.Ir/c1-14-11-15(2)23-18(12-14)17-8-4-5-10-21(17)26-22(23)13-20(25-26)19-9-6-7-16(3)24-19;/h4-9,11-13H,1-3H3;/q-1;. The number of fused-ring (bicyclic) bond motifs is 6. The third kappa shape index (κ3) is 2.77. The molecule has 0 saturated heterocycles. The monoisotopic (exact) mass is 529 g/mol. The second-order valence-corrected chi connectivity index (χ2v) is 6.93. The van der Waals surface area contributed by atoms with Crippen LogP contribution in [0.2, 0.25) is 0 Å². The van der Waals surface area contributed by atoms with Crippen LogP contribution < -0.4 is 0 Å². The third-order valence-corrected chi connectivity index (χ3v) is 4.93. The van der Waals surface area contributed by atoms with Gasteiger partial charge in [-0.15, -0.1) is 5.39 Å². The summed E-state index contributed by atoms with van der Waals surface area (Å²) >= 11 is 0. The van der Waals surface area contributed by atoms with Crippen LogP contribution in [0.1, 0.15) is 16.8 Å². The van der Waals surface area contributed by atoms with E-state index in [-0.39, 0.29) is 20.1 Å². The fourth-order valence-corrected chi connectivity index (χ4v) is 3.88. The van der Waals surface area contributed by atoms with Crippen LogP contribution in [0, 0.1) is 26.8 Å². The first kappa shape index (κ1) is 17.8. The number of aryl methyl sites for hydroxylation is 3. The predicted octanol–water partition coefficient (Wildman–Crippen LogP) is 5.43. The molecular formula is C23H18IrN3-. The Balaban J connectivity index is 0.00000180. The van der Waals surface area contributed by atoms with E-state index in [1.165, 1.54) is 27.3 Å². The van der Waals surface area contributed by atoms with Crippen molar-refractivity contribution < 1.29 is 20.1 Å². The molecule has 135 valence electrons. The van der Waals surface area contributed by atoms with E-state index in [9.17, 15) is 0 Å². The molecule has 4 heteroatoms. The quantitative estimate of drug-likeness (QED) is 0.215. The van der Waals surface area contributed by atoms with Crippen LogP contribution in [0.15, 0.2) is 54.6 Å². The summed E-state index contributed by atoms with van der Waals surface area (Å²) in [6, 6.07) is 22.2. The molecule has 0 fully saturated rings. The first-order valence-corrected chi connectivity index (χ1v) is 8.79. The average molecular weight is 529 g/mol. The van der Waals surface area contributed by atoms with Gasteiger partial charge in [-0.05, 0) is 55.4 Å². The van der Waals surface area contributed by atoms with E-state index < -0.39 is 0 Å². The molecule has 2 aromatic carbocycles. The molecule has 3 nitrogen and oxygen atoms in total. The number of nitrogens with zero attached hydrogens (tertiary/aromatic N) is 3. The number of rotatable bonds is 1. The van der Waals surface area contributed by atoms with Crippen LogP contribution in [0.5, 0.6) is 0 Å². The normalized spacial score (nSPS) is 11.2. The summed E-state index contributed by atoms with van der Waals surface area (Å²) in [6.45, 7) is 6.32. The van der Waals surface area contributed by atoms with Crippen LogP contribution in [-0.4, -0.2) is 14.6 Å². The van der Waals surface area contributed by atoms with Crippen molar-refractivity contribution >= 4 is 27.2 Å². The Kier molecular flexibility index (Phi) is 4.33. The van der Waals surface area contributed by atoms with Gasteiger partial charge in [0.1, 0.15) is 5.69 Å². The van der Waals surface area contributed by atoms with Gasteiger partial charge in [0.2, 0.25) is 0 Å². The number of para-hydroxylation sites is 1. The van der Waals surface area contributed by atoms with Crippen LogP contribution >= 0.6 is 0 Å². The van der Waals surface area contributed by atoms with Gasteiger partial charge in [0, 0.05) is 25.8 Å². The van der Waals surface area contributed by atoms with Crippen molar-refractivity contribution in [2.45, 2.75) is 20.8 Å². The van der Waals surface area contributed by atoms with Crippen LogP contribution in [0.3, 0.4) is 0 Å². The molecule has 0 unspecified atom stereocenters. The van der Waals surface area contributed by atoms with Crippen LogP contribution in [0.4, 0.5) is 0 Å². The van der Waals surface area contributed by atoms with Crippen molar-refractivity contribution in [3.63, 3.8) is 0 Å². The molecule has 3 aromatic heterocycles. The first-order chi connectivity index (χ1) is 12.6. The third-order valence-electron chi connectivity index (χ3n) is 4.93. The van der Waals surface area contributed by atoms with Gasteiger partial charge in [-0.3, -0.25) is 9.50 Å². The maximum Gasteiger partial charge on any atom is 0.112 e. The van der Waals surface area contributed by atoms with Gasteiger partial charge >= 0.3 is 0 Å². The molecule has 0 aliphatic heterocycles. The number of hydrogen-bond acceptors (Lipinski definition) is 2. The Labute approximate surface area is 171 Å². The fraction of sp³-hybridized carbons (Fsp3) is 0.130. The van der Waals surface area contributed by atoms with E-state index in [1.54, 1.807) is 0 Å². The number of hydrogen-bond donors (Lipinski definition) is 0. The van der Waals surface area contributed by atoms with Crippen LogP contribution in [-0.2, 0) is 20.1 Å². The molecule has 3 heterocycles. The summed E-state index contributed by atoms with van der Waals surface area (Å²) in [5.74, 6) is 0. The molecule has 0 spiro atoms. The van der Waals surface area contributed by atoms with Crippen molar-refractivity contribution in [2.24, 2.45) is 0 Å². The summed E-state index contributed by atoms with van der Waals surface area (Å²) in [5, 5.41) is 8.56. The molecule has 0 atom stereocenters. The summed E-state index contributed by atoms with van der Waals surface area (Å²) in [4.78, 5) is 4.65. The molecule has 0 amide bonds. The minimum atomic E-state index is 0. The average Bonchev–Trinajstić information content (AvgIpc) is 3.07. The number of benzene rings is 2. The van der Waals surface area contributed by atoms with Gasteiger partial charge in [0.15, 0.2) is 0 Å². The van der Waals surface area contributed by atoms with Gasteiger partial charge in [-0.1, -0.05) is 29.1 Å². The second kappa shape index (κ2) is 6.56. The Bertz CT molecular complexity index is 1320. The van der Waals surface area contributed by atoms with E-state index in [4.69, 9.17) is 5.10 Å². The zero-order valence-electron chi connectivity index (χ0n) is 15.4. The zero-order valence-corrected chi connectivity index (χ0v) is 17.8. The smallest absolute Gasteiger partial charge is 0.112 e. The van der Waals surface area contributed by atoms with E-state index in [0.29, 0.717) is 0 Å². The maximum absolute atomic E-state index is 4.89. The Hall–Kier alpha value is -2.55. The molecule has 0 aliphatic carbocycles. The Morgan fingerprint density at radius 1 is 0.889 bits per heavy atom. The topological polar surface area (TPSA) is 30.2 Å². The van der Waals surface area contributed by atoms with E-state index >= 15 is 0 Å². The molecule has 5 rings (SSSR count). The molecule has 0 bridgehead atoms. The van der Waals surface area contributed by atoms with Gasteiger partial charge in [-0.2, -0.15) is 29.4 Å². The number of aromatic nitrogens is 3. The molecule has 0 N–H and O–H groups in total. The Morgan fingerprint density at radius 2 is 1.74 bits per heavy atom. The molecule has 5 aromatic rings. The minimum absolute atomic E-state index is 0. The largest absolute Gasteiger partial charge is 0.257 e. The van der Waals surface area contributed by atoms with E-state index in [1.807, 2.05) is 41.8 Å². The summed E-state index contributed by atoms with van der Waals surface area (Å²) < 4.78 is 2.01. The molecule has 0 aliphatic rings. The van der Waals surface area contributed by atoms with Crippen molar-refractivity contribution in [1.82, 2.24) is 14.6 Å². The van der Waals surface area contributed by atoms with Crippen molar-refractivity contribution in [3.8, 4) is 11.4 Å². The summed E-state index contributed by atoms with van der Waals surface area (Å²) in [7, 11) is 0. The van der Waals surface area contributed by atoms with Crippen molar-refractivity contribution in [2.75, 3.05) is 0 Å².